The summed E-state index contributed by atoms with van der Waals surface area (Å²) in [6.07, 6.45) is 1.43. The fourth-order valence-corrected chi connectivity index (χ4v) is 4.78. The van der Waals surface area contributed by atoms with E-state index in [4.69, 9.17) is 4.74 Å². The van der Waals surface area contributed by atoms with E-state index >= 15 is 0 Å². The van der Waals surface area contributed by atoms with E-state index in [1.54, 1.807) is 4.31 Å². The molecule has 1 atom stereocenters. The first-order valence-corrected chi connectivity index (χ1v) is 10.2. The van der Waals surface area contributed by atoms with Crippen molar-refractivity contribution < 1.29 is 13.8 Å². The fraction of sp³-hybridized carbons (Fsp3) is 0.368. The van der Waals surface area contributed by atoms with Crippen LogP contribution in [0.25, 0.3) is 0 Å². The molecule has 5 nitrogen and oxygen atoms in total. The Labute approximate surface area is 151 Å². The quantitative estimate of drug-likeness (QED) is 0.762. The second-order valence-electron chi connectivity index (χ2n) is 6.24. The van der Waals surface area contributed by atoms with Crippen molar-refractivity contribution in [3.8, 4) is 5.75 Å². The maximum atomic E-state index is 11.0. The minimum atomic E-state index is -3.14. The van der Waals surface area contributed by atoms with Crippen LogP contribution in [-0.4, -0.2) is 39.6 Å². The number of hydrogen-bond acceptors (Lipinski definition) is 5. The number of nitrogens with zero attached hydrogens (tertiary/aromatic N) is 2. The Balaban J connectivity index is 1.90. The number of anilines is 2. The fourth-order valence-electron chi connectivity index (χ4n) is 2.95. The standard InChI is InChI=1S/C19H26N2O3S/c1-3-20(2)15-9-14-19-24-18-13-8-7-12-17(18)21(25(19,22)23)16-10-5-4-6-11-16/h4-8,10-13,19,22-23H,3,9,14-15H2,1-2H3. The first kappa shape index (κ1) is 18.1. The molecule has 3 rings (SSSR count). The van der Waals surface area contributed by atoms with Gasteiger partial charge in [-0.1, -0.05) is 48.0 Å². The molecule has 25 heavy (non-hydrogen) atoms. The molecule has 136 valence electrons. The molecule has 0 saturated heterocycles. The van der Waals surface area contributed by atoms with E-state index in [9.17, 15) is 9.11 Å². The van der Waals surface area contributed by atoms with Gasteiger partial charge in [0.15, 0.2) is 0 Å². The number of fused-ring (bicyclic) bond motifs is 1. The minimum absolute atomic E-state index is 0.588. The third-order valence-electron chi connectivity index (χ3n) is 4.47. The van der Waals surface area contributed by atoms with Gasteiger partial charge in [-0.15, -0.1) is 0 Å². The Hall–Kier alpha value is -1.73. The third kappa shape index (κ3) is 3.77. The van der Waals surface area contributed by atoms with Gasteiger partial charge in [0.2, 0.25) is 5.44 Å². The highest BCUT2D eigenvalue weighted by atomic mass is 32.3. The van der Waals surface area contributed by atoms with Gasteiger partial charge in [-0.25, -0.2) is 4.31 Å². The molecule has 0 amide bonds. The topological polar surface area (TPSA) is 56.2 Å². The Morgan fingerprint density at radius 1 is 1.08 bits per heavy atom. The van der Waals surface area contributed by atoms with Crippen molar-refractivity contribution in [1.82, 2.24) is 4.90 Å². The largest absolute Gasteiger partial charge is 0.467 e. The second kappa shape index (κ2) is 7.66. The Bertz CT molecular complexity index is 696. The maximum Gasteiger partial charge on any atom is 0.206 e. The van der Waals surface area contributed by atoms with E-state index in [2.05, 4.69) is 18.9 Å². The lowest BCUT2D eigenvalue weighted by Crippen LogP contribution is -2.39. The summed E-state index contributed by atoms with van der Waals surface area (Å²) in [5.41, 5.74) is 0.803. The summed E-state index contributed by atoms with van der Waals surface area (Å²) in [5.74, 6) is 0.687. The van der Waals surface area contributed by atoms with Crippen LogP contribution >= 0.6 is 10.8 Å². The number of benzene rings is 2. The summed E-state index contributed by atoms with van der Waals surface area (Å²) in [6, 6.07) is 17.0. The summed E-state index contributed by atoms with van der Waals surface area (Å²) in [4.78, 5) is 2.21. The van der Waals surface area contributed by atoms with Crippen molar-refractivity contribution >= 4 is 22.2 Å². The van der Waals surface area contributed by atoms with Gasteiger partial charge in [0.05, 0.1) is 5.69 Å². The molecule has 0 aromatic heterocycles. The van der Waals surface area contributed by atoms with Crippen LogP contribution in [0.5, 0.6) is 5.75 Å². The van der Waals surface area contributed by atoms with Crippen LogP contribution in [0.3, 0.4) is 0 Å². The normalized spacial score (nSPS) is 20.0. The lowest BCUT2D eigenvalue weighted by molar-refractivity contribution is 0.226. The lowest BCUT2D eigenvalue weighted by Gasteiger charge is -2.51. The molecule has 1 unspecified atom stereocenters. The zero-order valence-electron chi connectivity index (χ0n) is 14.7. The molecule has 6 heteroatoms. The predicted octanol–water partition coefficient (Wildman–Crippen LogP) is 4.94. The number of hydrogen-bond donors (Lipinski definition) is 2. The summed E-state index contributed by atoms with van der Waals surface area (Å²) in [6.45, 7) is 3.98. The summed E-state index contributed by atoms with van der Waals surface area (Å²) < 4.78 is 29.7. The molecule has 0 radical (unpaired) electrons. The molecule has 2 aromatic carbocycles. The molecule has 1 heterocycles. The molecule has 1 aliphatic rings. The van der Waals surface area contributed by atoms with E-state index < -0.39 is 16.2 Å². The van der Waals surface area contributed by atoms with Crippen molar-refractivity contribution in [2.75, 3.05) is 24.4 Å². The molecule has 0 bridgehead atoms. The van der Waals surface area contributed by atoms with Gasteiger partial charge in [-0.2, -0.15) is 0 Å². The molecule has 0 fully saturated rings. The van der Waals surface area contributed by atoms with Crippen molar-refractivity contribution in [2.45, 2.75) is 25.2 Å². The van der Waals surface area contributed by atoms with Gasteiger partial charge < -0.3 is 9.64 Å². The van der Waals surface area contributed by atoms with Gasteiger partial charge in [-0.05, 0) is 50.8 Å². The van der Waals surface area contributed by atoms with E-state index in [0.717, 1.165) is 25.2 Å². The Morgan fingerprint density at radius 2 is 1.76 bits per heavy atom. The van der Waals surface area contributed by atoms with E-state index in [0.29, 0.717) is 17.9 Å². The Morgan fingerprint density at radius 3 is 2.48 bits per heavy atom. The first-order valence-electron chi connectivity index (χ1n) is 8.60. The van der Waals surface area contributed by atoms with Crippen LogP contribution in [0.4, 0.5) is 11.4 Å². The minimum Gasteiger partial charge on any atom is -0.467 e. The average Bonchev–Trinajstić information content (AvgIpc) is 2.62. The monoisotopic (exact) mass is 362 g/mol. The van der Waals surface area contributed by atoms with Gasteiger partial charge in [0.1, 0.15) is 11.4 Å². The molecule has 0 aliphatic carbocycles. The SMILES string of the molecule is CCN(C)CCCC1Oc2ccccc2N(c2ccccc2)S1(O)O. The van der Waals surface area contributed by atoms with Crippen LogP contribution in [0.2, 0.25) is 0 Å². The lowest BCUT2D eigenvalue weighted by atomic mass is 10.2. The van der Waals surface area contributed by atoms with Crippen molar-refractivity contribution in [3.63, 3.8) is 0 Å². The predicted molar refractivity (Wildman–Crippen MR) is 105 cm³/mol. The first-order chi connectivity index (χ1) is 12.0. The molecular formula is C19H26N2O3S. The molecule has 2 N–H and O–H groups in total. The van der Waals surface area contributed by atoms with Gasteiger partial charge in [-0.3, -0.25) is 9.11 Å². The smallest absolute Gasteiger partial charge is 0.206 e. The molecule has 0 spiro atoms. The number of rotatable bonds is 6. The molecule has 2 aromatic rings. The molecular weight excluding hydrogens is 336 g/mol. The second-order valence-corrected chi connectivity index (χ2v) is 8.26. The molecule has 1 aliphatic heterocycles. The van der Waals surface area contributed by atoms with Crippen LogP contribution in [-0.2, 0) is 0 Å². The summed E-state index contributed by atoms with van der Waals surface area (Å²) in [7, 11) is -1.08. The van der Waals surface area contributed by atoms with Gasteiger partial charge in [0, 0.05) is 6.42 Å². The summed E-state index contributed by atoms with van der Waals surface area (Å²) in [5, 5.41) is 0. The van der Waals surface area contributed by atoms with Crippen molar-refractivity contribution in [1.29, 1.82) is 0 Å². The summed E-state index contributed by atoms with van der Waals surface area (Å²) >= 11 is 0. The van der Waals surface area contributed by atoms with Crippen LogP contribution in [0.15, 0.2) is 54.6 Å². The van der Waals surface area contributed by atoms with E-state index in [-0.39, 0.29) is 0 Å². The van der Waals surface area contributed by atoms with Crippen LogP contribution in [0.1, 0.15) is 19.8 Å². The highest BCUT2D eigenvalue weighted by Gasteiger charge is 2.40. The van der Waals surface area contributed by atoms with E-state index in [1.807, 2.05) is 54.6 Å². The third-order valence-corrected chi connectivity index (χ3v) is 6.46. The van der Waals surface area contributed by atoms with Gasteiger partial charge in [0.25, 0.3) is 0 Å². The number of ether oxygens (including phenoxy) is 1. The maximum absolute atomic E-state index is 11.0. The average molecular weight is 362 g/mol. The van der Waals surface area contributed by atoms with E-state index in [1.165, 1.54) is 0 Å². The molecule has 0 saturated carbocycles. The zero-order valence-corrected chi connectivity index (χ0v) is 15.5. The highest BCUT2D eigenvalue weighted by Crippen LogP contribution is 2.61. The zero-order chi connectivity index (χ0) is 17.9. The van der Waals surface area contributed by atoms with Crippen LogP contribution in [0, 0.1) is 0 Å². The number of para-hydroxylation sites is 3. The van der Waals surface area contributed by atoms with Crippen LogP contribution < -0.4 is 9.04 Å². The highest BCUT2D eigenvalue weighted by molar-refractivity contribution is 8.26. The Kier molecular flexibility index (Phi) is 5.54. The van der Waals surface area contributed by atoms with Crippen molar-refractivity contribution in [3.05, 3.63) is 54.6 Å². The van der Waals surface area contributed by atoms with Crippen molar-refractivity contribution in [2.24, 2.45) is 0 Å². The van der Waals surface area contributed by atoms with Gasteiger partial charge >= 0.3 is 0 Å².